The number of ether oxygens (including phenoxy) is 1. The lowest BCUT2D eigenvalue weighted by molar-refractivity contribution is -0.152. The van der Waals surface area contributed by atoms with Gasteiger partial charge in [0.05, 0.1) is 0 Å². The second-order valence-electron chi connectivity index (χ2n) is 4.20. The van der Waals surface area contributed by atoms with Gasteiger partial charge in [0.25, 0.3) is 5.91 Å². The summed E-state index contributed by atoms with van der Waals surface area (Å²) in [6.45, 7) is -0.00740. The molecule has 1 unspecified atom stereocenters. The van der Waals surface area contributed by atoms with Crippen molar-refractivity contribution in [1.82, 2.24) is 4.90 Å². The quantitative estimate of drug-likeness (QED) is 0.781. The molecule has 8 heteroatoms. The van der Waals surface area contributed by atoms with Crippen molar-refractivity contribution in [3.63, 3.8) is 0 Å². The first-order valence-electron chi connectivity index (χ1n) is 5.94. The summed E-state index contributed by atoms with van der Waals surface area (Å²) in [6.07, 6.45) is -1.02. The molecule has 1 rings (SSSR count). The molecule has 1 aromatic carbocycles. The van der Waals surface area contributed by atoms with E-state index in [9.17, 15) is 14.4 Å². The van der Waals surface area contributed by atoms with Gasteiger partial charge in [0.1, 0.15) is 18.8 Å². The van der Waals surface area contributed by atoms with Crippen LogP contribution in [0, 0.1) is 0 Å². The molecule has 0 heterocycles. The Morgan fingerprint density at radius 1 is 1.14 bits per heavy atom. The molecule has 0 saturated carbocycles. The van der Waals surface area contributed by atoms with Crippen molar-refractivity contribution in [2.24, 2.45) is 0 Å². The highest BCUT2D eigenvalue weighted by atomic mass is 35.5. The van der Waals surface area contributed by atoms with E-state index in [1.54, 1.807) is 24.3 Å². The van der Waals surface area contributed by atoms with Gasteiger partial charge in [-0.3, -0.25) is 14.4 Å². The Morgan fingerprint density at radius 3 is 2.05 bits per heavy atom. The van der Waals surface area contributed by atoms with E-state index in [-0.39, 0.29) is 0 Å². The number of aliphatic carboxylic acids is 2. The molecule has 0 bridgehead atoms. The van der Waals surface area contributed by atoms with Crippen LogP contribution in [0.4, 0.5) is 0 Å². The van der Waals surface area contributed by atoms with Gasteiger partial charge in [-0.1, -0.05) is 11.6 Å². The van der Waals surface area contributed by atoms with Gasteiger partial charge in [-0.05, 0) is 31.2 Å². The number of rotatable bonds is 7. The molecule has 0 aliphatic carbocycles. The fourth-order valence-electron chi connectivity index (χ4n) is 1.56. The van der Waals surface area contributed by atoms with Gasteiger partial charge in [-0.15, -0.1) is 0 Å². The lowest BCUT2D eigenvalue weighted by Gasteiger charge is -2.23. The van der Waals surface area contributed by atoms with Crippen LogP contribution in [0.1, 0.15) is 6.92 Å². The Kier molecular flexibility index (Phi) is 5.98. The summed E-state index contributed by atoms with van der Waals surface area (Å²) in [4.78, 5) is 34.1. The smallest absolute Gasteiger partial charge is 0.323 e. The Morgan fingerprint density at radius 2 is 1.62 bits per heavy atom. The van der Waals surface area contributed by atoms with Crippen LogP contribution in [0.3, 0.4) is 0 Å². The van der Waals surface area contributed by atoms with Crippen molar-refractivity contribution in [2.75, 3.05) is 13.1 Å². The van der Waals surface area contributed by atoms with Crippen LogP contribution in [0.2, 0.25) is 5.02 Å². The molecule has 1 aromatic rings. The molecule has 0 saturated heterocycles. The number of hydrogen-bond acceptors (Lipinski definition) is 4. The molecule has 0 aliphatic rings. The first kappa shape index (κ1) is 16.8. The van der Waals surface area contributed by atoms with Crippen LogP contribution >= 0.6 is 11.6 Å². The molecule has 0 aromatic heterocycles. The maximum Gasteiger partial charge on any atom is 0.323 e. The third kappa shape index (κ3) is 5.70. The van der Waals surface area contributed by atoms with Gasteiger partial charge in [0.15, 0.2) is 6.10 Å². The van der Waals surface area contributed by atoms with Crippen molar-refractivity contribution < 1.29 is 29.3 Å². The molecular weight excluding hydrogens is 302 g/mol. The summed E-state index contributed by atoms with van der Waals surface area (Å²) < 4.78 is 5.34. The first-order chi connectivity index (χ1) is 9.79. The van der Waals surface area contributed by atoms with Crippen molar-refractivity contribution in [3.05, 3.63) is 29.3 Å². The van der Waals surface area contributed by atoms with Crippen LogP contribution in [0.5, 0.6) is 5.75 Å². The minimum atomic E-state index is -1.30. The van der Waals surface area contributed by atoms with Gasteiger partial charge in [-0.2, -0.15) is 0 Å². The highest BCUT2D eigenvalue weighted by Crippen LogP contribution is 2.17. The summed E-state index contributed by atoms with van der Waals surface area (Å²) in [6, 6.07) is 6.23. The largest absolute Gasteiger partial charge is 0.481 e. The minimum Gasteiger partial charge on any atom is -0.481 e. The average Bonchev–Trinajstić information content (AvgIpc) is 2.38. The summed E-state index contributed by atoms with van der Waals surface area (Å²) in [7, 11) is 0. The topological polar surface area (TPSA) is 104 Å². The fourth-order valence-corrected chi connectivity index (χ4v) is 1.69. The van der Waals surface area contributed by atoms with Gasteiger partial charge < -0.3 is 19.8 Å². The number of hydrogen-bond donors (Lipinski definition) is 2. The number of carbonyl (C=O) groups excluding carboxylic acids is 1. The normalized spacial score (nSPS) is 11.5. The van der Waals surface area contributed by atoms with E-state index in [0.717, 1.165) is 0 Å². The van der Waals surface area contributed by atoms with E-state index >= 15 is 0 Å². The van der Waals surface area contributed by atoms with Crippen molar-refractivity contribution in [3.8, 4) is 5.75 Å². The highest BCUT2D eigenvalue weighted by molar-refractivity contribution is 6.30. The third-order valence-electron chi connectivity index (χ3n) is 2.44. The summed E-state index contributed by atoms with van der Waals surface area (Å²) in [5.41, 5.74) is 0. The number of carbonyl (C=O) groups is 3. The number of benzene rings is 1. The zero-order valence-corrected chi connectivity index (χ0v) is 11.9. The van der Waals surface area contributed by atoms with E-state index in [1.165, 1.54) is 6.92 Å². The van der Waals surface area contributed by atoms with Crippen LogP contribution in [0.15, 0.2) is 24.3 Å². The van der Waals surface area contributed by atoms with E-state index < -0.39 is 37.0 Å². The molecule has 1 atom stereocenters. The first-order valence-corrected chi connectivity index (χ1v) is 6.32. The summed E-state index contributed by atoms with van der Waals surface area (Å²) >= 11 is 5.71. The molecule has 0 radical (unpaired) electrons. The van der Waals surface area contributed by atoms with Crippen LogP contribution < -0.4 is 4.74 Å². The maximum atomic E-state index is 12.0. The predicted octanol–water partition coefficient (Wildman–Crippen LogP) is 1.11. The number of carboxylic acids is 2. The Labute approximate surface area is 125 Å². The van der Waals surface area contributed by atoms with E-state index in [2.05, 4.69) is 0 Å². The van der Waals surface area contributed by atoms with E-state index in [0.29, 0.717) is 15.7 Å². The van der Waals surface area contributed by atoms with Gasteiger partial charge in [0.2, 0.25) is 0 Å². The molecule has 21 heavy (non-hydrogen) atoms. The molecule has 7 nitrogen and oxygen atoms in total. The van der Waals surface area contributed by atoms with E-state index in [1.807, 2.05) is 0 Å². The Bertz CT molecular complexity index is 514. The standard InChI is InChI=1S/C13H14ClNO6/c1-8(21-10-4-2-9(14)3-5-10)13(20)15(6-11(16)17)7-12(18)19/h2-5,8H,6-7H2,1H3,(H,16,17)(H,18,19). The molecule has 2 N–H and O–H groups in total. The van der Waals surface area contributed by atoms with Gasteiger partial charge in [0, 0.05) is 5.02 Å². The zero-order chi connectivity index (χ0) is 16.0. The number of carboxylic acid groups (broad SMARTS) is 2. The molecule has 0 aliphatic heterocycles. The van der Waals surface area contributed by atoms with Gasteiger partial charge >= 0.3 is 11.9 Å². The summed E-state index contributed by atoms with van der Waals surface area (Å²) in [5, 5.41) is 17.9. The lowest BCUT2D eigenvalue weighted by Crippen LogP contribution is -2.45. The number of amides is 1. The van der Waals surface area contributed by atoms with Crippen molar-refractivity contribution in [1.29, 1.82) is 0 Å². The van der Waals surface area contributed by atoms with E-state index in [4.69, 9.17) is 26.6 Å². The Balaban J connectivity index is 2.74. The van der Waals surface area contributed by atoms with Crippen molar-refractivity contribution >= 4 is 29.4 Å². The monoisotopic (exact) mass is 315 g/mol. The maximum absolute atomic E-state index is 12.0. The van der Waals surface area contributed by atoms with Crippen LogP contribution in [-0.4, -0.2) is 52.2 Å². The molecular formula is C13H14ClNO6. The fraction of sp³-hybridized carbons (Fsp3) is 0.308. The molecule has 1 amide bonds. The second-order valence-corrected chi connectivity index (χ2v) is 4.63. The molecule has 0 fully saturated rings. The third-order valence-corrected chi connectivity index (χ3v) is 2.69. The second kappa shape index (κ2) is 7.49. The number of nitrogens with zero attached hydrogens (tertiary/aromatic N) is 1. The average molecular weight is 316 g/mol. The molecule has 0 spiro atoms. The minimum absolute atomic E-state index is 0.367. The number of halogens is 1. The van der Waals surface area contributed by atoms with Gasteiger partial charge in [-0.25, -0.2) is 0 Å². The Hall–Kier alpha value is -2.28. The summed E-state index contributed by atoms with van der Waals surface area (Å²) in [5.74, 6) is -2.97. The van der Waals surface area contributed by atoms with Crippen LogP contribution in [-0.2, 0) is 14.4 Å². The predicted molar refractivity (Wildman–Crippen MR) is 73.4 cm³/mol. The lowest BCUT2D eigenvalue weighted by atomic mass is 10.3. The SMILES string of the molecule is CC(Oc1ccc(Cl)cc1)C(=O)N(CC(=O)O)CC(=O)O. The van der Waals surface area contributed by atoms with Crippen molar-refractivity contribution in [2.45, 2.75) is 13.0 Å². The van der Waals surface area contributed by atoms with Crippen LogP contribution in [0.25, 0.3) is 0 Å². The highest BCUT2D eigenvalue weighted by Gasteiger charge is 2.25. The molecule has 114 valence electrons. The zero-order valence-electron chi connectivity index (χ0n) is 11.2.